The molecule has 2 atom stereocenters. The highest BCUT2D eigenvalue weighted by molar-refractivity contribution is 5.74. The van der Waals surface area contributed by atoms with E-state index in [2.05, 4.69) is 5.43 Å². The Kier molecular flexibility index (Phi) is 3.77. The van der Waals surface area contributed by atoms with Crippen LogP contribution in [0, 0.1) is 5.92 Å². The van der Waals surface area contributed by atoms with Crippen molar-refractivity contribution in [3.8, 4) is 0 Å². The van der Waals surface area contributed by atoms with Crippen LogP contribution in [0.2, 0.25) is 0 Å². The number of ether oxygens (including phenoxy) is 1. The molecule has 0 aromatic rings. The lowest BCUT2D eigenvalue weighted by atomic mass is 10.0. The van der Waals surface area contributed by atoms with Gasteiger partial charge in [0, 0.05) is 13.6 Å². The molecule has 0 bridgehead atoms. The molecule has 0 aromatic carbocycles. The van der Waals surface area contributed by atoms with Gasteiger partial charge in [0.05, 0.1) is 18.6 Å². The normalized spacial score (nSPS) is 28.4. The second-order valence-corrected chi connectivity index (χ2v) is 3.23. The Morgan fingerprint density at radius 3 is 2.86 bits per heavy atom. The van der Waals surface area contributed by atoms with Crippen molar-refractivity contribution in [2.45, 2.75) is 19.4 Å². The summed E-state index contributed by atoms with van der Waals surface area (Å²) in [6, 6.07) is -1.13. The first-order valence-electron chi connectivity index (χ1n) is 4.48. The van der Waals surface area contributed by atoms with E-state index in [-0.39, 0.29) is 13.2 Å². The van der Waals surface area contributed by atoms with Crippen molar-refractivity contribution >= 4 is 5.97 Å². The summed E-state index contributed by atoms with van der Waals surface area (Å²) in [5.74, 6) is -1.34. The van der Waals surface area contributed by atoms with Gasteiger partial charge in [-0.1, -0.05) is 0 Å². The average molecular weight is 208 g/mol. The number of halogens is 2. The first kappa shape index (κ1) is 11.3. The lowest BCUT2D eigenvalue weighted by molar-refractivity contribution is -0.149. The zero-order valence-electron chi connectivity index (χ0n) is 8.17. The number of nitrogens with zero attached hydrogens (tertiary/aromatic N) is 1. The van der Waals surface area contributed by atoms with E-state index in [0.717, 1.165) is 0 Å². The number of hydrogen-bond acceptors (Lipinski definition) is 4. The molecule has 82 valence electrons. The Morgan fingerprint density at radius 1 is 1.71 bits per heavy atom. The van der Waals surface area contributed by atoms with Gasteiger partial charge in [-0.2, -0.15) is 0 Å². The number of hydrazine groups is 1. The molecule has 1 rings (SSSR count). The summed E-state index contributed by atoms with van der Waals surface area (Å²) >= 11 is 0. The van der Waals surface area contributed by atoms with E-state index in [4.69, 9.17) is 4.74 Å². The molecule has 0 aliphatic carbocycles. The molecule has 1 aliphatic rings. The lowest BCUT2D eigenvalue weighted by Crippen LogP contribution is -2.40. The molecule has 0 saturated carbocycles. The largest absolute Gasteiger partial charge is 0.466 e. The van der Waals surface area contributed by atoms with E-state index in [9.17, 15) is 13.6 Å². The van der Waals surface area contributed by atoms with Crippen LogP contribution in [0.1, 0.15) is 6.92 Å². The van der Waals surface area contributed by atoms with Crippen LogP contribution < -0.4 is 5.43 Å². The summed E-state index contributed by atoms with van der Waals surface area (Å²) in [7, 11) is 1.62. The highest BCUT2D eigenvalue weighted by atomic mass is 19.3. The van der Waals surface area contributed by atoms with Crippen LogP contribution in [0.5, 0.6) is 0 Å². The molecule has 0 spiro atoms. The van der Waals surface area contributed by atoms with Crippen molar-refractivity contribution in [3.63, 3.8) is 0 Å². The summed E-state index contributed by atoms with van der Waals surface area (Å²) in [5, 5.41) is 1.48. The minimum atomic E-state index is -2.56. The number of hydrogen-bond donors (Lipinski definition) is 1. The maximum atomic E-state index is 12.5. The van der Waals surface area contributed by atoms with Crippen LogP contribution in [0.15, 0.2) is 0 Å². The summed E-state index contributed by atoms with van der Waals surface area (Å²) in [6.07, 6.45) is -2.56. The zero-order valence-corrected chi connectivity index (χ0v) is 8.17. The zero-order chi connectivity index (χ0) is 10.7. The molecule has 0 aromatic heterocycles. The standard InChI is InChI=1S/C8H14F2N2O2/c1-3-14-8(13)5-4-12(2)11-6(5)7(9)10/h5-7,11H,3-4H2,1-2H3. The Labute approximate surface area is 81.2 Å². The summed E-state index contributed by atoms with van der Waals surface area (Å²) < 4.78 is 29.6. The van der Waals surface area contributed by atoms with Gasteiger partial charge in [0.1, 0.15) is 0 Å². The van der Waals surface area contributed by atoms with E-state index in [0.29, 0.717) is 0 Å². The molecule has 2 unspecified atom stereocenters. The maximum absolute atomic E-state index is 12.5. The van der Waals surface area contributed by atoms with Gasteiger partial charge in [0.25, 0.3) is 6.43 Å². The summed E-state index contributed by atoms with van der Waals surface area (Å²) in [4.78, 5) is 11.3. The molecule has 0 radical (unpaired) electrons. The molecule has 0 amide bonds. The van der Waals surface area contributed by atoms with Gasteiger partial charge in [-0.05, 0) is 6.92 Å². The van der Waals surface area contributed by atoms with Crippen molar-refractivity contribution in [1.29, 1.82) is 0 Å². The van der Waals surface area contributed by atoms with Crippen LogP contribution in [-0.4, -0.2) is 43.6 Å². The van der Waals surface area contributed by atoms with Crippen LogP contribution in [-0.2, 0) is 9.53 Å². The molecule has 4 nitrogen and oxygen atoms in total. The van der Waals surface area contributed by atoms with Gasteiger partial charge in [-0.25, -0.2) is 19.2 Å². The highest BCUT2D eigenvalue weighted by Crippen LogP contribution is 2.20. The number of carbonyl (C=O) groups is 1. The van der Waals surface area contributed by atoms with Crippen molar-refractivity contribution in [3.05, 3.63) is 0 Å². The van der Waals surface area contributed by atoms with E-state index in [1.165, 1.54) is 5.01 Å². The van der Waals surface area contributed by atoms with Crippen molar-refractivity contribution in [1.82, 2.24) is 10.4 Å². The highest BCUT2D eigenvalue weighted by Gasteiger charge is 2.42. The number of alkyl halides is 2. The number of esters is 1. The summed E-state index contributed by atoms with van der Waals surface area (Å²) in [5.41, 5.74) is 2.53. The van der Waals surface area contributed by atoms with Gasteiger partial charge in [-0.15, -0.1) is 0 Å². The molecule has 14 heavy (non-hydrogen) atoms. The average Bonchev–Trinajstić information content (AvgIpc) is 2.48. The van der Waals surface area contributed by atoms with Gasteiger partial charge in [-0.3, -0.25) is 4.79 Å². The SMILES string of the molecule is CCOC(=O)C1CN(C)NC1C(F)F. The molecule has 1 N–H and O–H groups in total. The third-order valence-electron chi connectivity index (χ3n) is 2.13. The topological polar surface area (TPSA) is 41.6 Å². The maximum Gasteiger partial charge on any atom is 0.312 e. The number of nitrogens with one attached hydrogen (secondary N) is 1. The van der Waals surface area contributed by atoms with Gasteiger partial charge in [0.2, 0.25) is 0 Å². The molecule has 1 saturated heterocycles. The van der Waals surface area contributed by atoms with E-state index in [1.807, 2.05) is 0 Å². The molecule has 6 heteroatoms. The number of rotatable bonds is 3. The first-order chi connectivity index (χ1) is 6.56. The first-order valence-corrected chi connectivity index (χ1v) is 4.48. The van der Waals surface area contributed by atoms with E-state index < -0.39 is 24.4 Å². The molecule has 1 heterocycles. The number of carbonyl (C=O) groups excluding carboxylic acids is 1. The molecular weight excluding hydrogens is 194 g/mol. The third kappa shape index (κ3) is 2.39. The van der Waals surface area contributed by atoms with E-state index >= 15 is 0 Å². The van der Waals surface area contributed by atoms with Gasteiger partial charge >= 0.3 is 5.97 Å². The fourth-order valence-electron chi connectivity index (χ4n) is 1.51. The second-order valence-electron chi connectivity index (χ2n) is 3.23. The van der Waals surface area contributed by atoms with Crippen LogP contribution in [0.4, 0.5) is 8.78 Å². The van der Waals surface area contributed by atoms with Gasteiger partial charge < -0.3 is 4.74 Å². The van der Waals surface area contributed by atoms with Crippen molar-refractivity contribution in [2.24, 2.45) is 5.92 Å². The van der Waals surface area contributed by atoms with Crippen LogP contribution in [0.25, 0.3) is 0 Å². The monoisotopic (exact) mass is 208 g/mol. The van der Waals surface area contributed by atoms with Crippen LogP contribution in [0.3, 0.4) is 0 Å². The molecule has 1 aliphatic heterocycles. The minimum Gasteiger partial charge on any atom is -0.466 e. The van der Waals surface area contributed by atoms with E-state index in [1.54, 1.807) is 14.0 Å². The van der Waals surface area contributed by atoms with Crippen molar-refractivity contribution < 1.29 is 18.3 Å². The van der Waals surface area contributed by atoms with Crippen molar-refractivity contribution in [2.75, 3.05) is 20.2 Å². The minimum absolute atomic E-state index is 0.217. The third-order valence-corrected chi connectivity index (χ3v) is 2.13. The Hall–Kier alpha value is -0.750. The Bertz CT molecular complexity index is 214. The second kappa shape index (κ2) is 4.65. The smallest absolute Gasteiger partial charge is 0.312 e. The fourth-order valence-corrected chi connectivity index (χ4v) is 1.51. The predicted octanol–water partition coefficient (Wildman–Crippen LogP) is 0.249. The molecule has 1 fully saturated rings. The summed E-state index contributed by atoms with van der Waals surface area (Å²) in [6.45, 7) is 2.13. The fraction of sp³-hybridized carbons (Fsp3) is 0.875. The quantitative estimate of drug-likeness (QED) is 0.675. The lowest BCUT2D eigenvalue weighted by Gasteiger charge is -2.15. The predicted molar refractivity (Wildman–Crippen MR) is 45.7 cm³/mol. The Balaban J connectivity index is 2.61. The van der Waals surface area contributed by atoms with Crippen LogP contribution >= 0.6 is 0 Å². The Morgan fingerprint density at radius 2 is 2.36 bits per heavy atom. The van der Waals surface area contributed by atoms with Gasteiger partial charge in [0.15, 0.2) is 0 Å². The molecular formula is C8H14F2N2O2.